The lowest BCUT2D eigenvalue weighted by Crippen LogP contribution is -2.35. The molecular formula is C20H28N4OS. The standard InChI is InChI=1S/C20H28N4OS/c1-6-16-7-9-17(10-8-16)18(24(4)5)12-21-19(25)13-26-20-22-14(2)11-15(3)23-20/h7-11,18H,6,12-13H2,1-5H3,(H,21,25)/t18-/m0/s1. The zero-order chi connectivity index (χ0) is 19.1. The van der Waals surface area contributed by atoms with E-state index in [1.54, 1.807) is 0 Å². The van der Waals surface area contributed by atoms with E-state index < -0.39 is 0 Å². The quantitative estimate of drug-likeness (QED) is 0.570. The van der Waals surface area contributed by atoms with Gasteiger partial charge in [0.25, 0.3) is 0 Å². The number of hydrogen-bond donors (Lipinski definition) is 1. The van der Waals surface area contributed by atoms with Crippen LogP contribution in [0.5, 0.6) is 0 Å². The summed E-state index contributed by atoms with van der Waals surface area (Å²) in [4.78, 5) is 23.1. The Morgan fingerprint density at radius 3 is 2.31 bits per heavy atom. The first-order valence-electron chi connectivity index (χ1n) is 8.86. The maximum absolute atomic E-state index is 12.2. The van der Waals surface area contributed by atoms with Gasteiger partial charge >= 0.3 is 0 Å². The van der Waals surface area contributed by atoms with E-state index >= 15 is 0 Å². The second-order valence-electron chi connectivity index (χ2n) is 6.60. The lowest BCUT2D eigenvalue weighted by molar-refractivity contribution is -0.118. The minimum Gasteiger partial charge on any atom is -0.353 e. The summed E-state index contributed by atoms with van der Waals surface area (Å²) in [5.41, 5.74) is 4.37. The van der Waals surface area contributed by atoms with Crippen molar-refractivity contribution in [2.75, 3.05) is 26.4 Å². The maximum atomic E-state index is 12.2. The zero-order valence-electron chi connectivity index (χ0n) is 16.2. The van der Waals surface area contributed by atoms with Gasteiger partial charge in [0.15, 0.2) is 5.16 Å². The molecule has 1 aromatic heterocycles. The Morgan fingerprint density at radius 1 is 1.15 bits per heavy atom. The molecule has 5 nitrogen and oxygen atoms in total. The molecule has 1 amide bonds. The monoisotopic (exact) mass is 372 g/mol. The highest BCUT2D eigenvalue weighted by molar-refractivity contribution is 7.99. The fourth-order valence-corrected chi connectivity index (χ4v) is 3.50. The summed E-state index contributed by atoms with van der Waals surface area (Å²) in [5.74, 6) is 0.312. The Morgan fingerprint density at radius 2 is 1.77 bits per heavy atom. The molecule has 140 valence electrons. The number of nitrogens with one attached hydrogen (secondary N) is 1. The summed E-state index contributed by atoms with van der Waals surface area (Å²) in [5, 5.41) is 3.68. The van der Waals surface area contributed by atoms with Gasteiger partial charge < -0.3 is 10.2 Å². The lowest BCUT2D eigenvalue weighted by atomic mass is 10.0. The maximum Gasteiger partial charge on any atom is 0.230 e. The van der Waals surface area contributed by atoms with Crippen LogP contribution in [0.4, 0.5) is 0 Å². The van der Waals surface area contributed by atoms with E-state index in [2.05, 4.69) is 51.4 Å². The van der Waals surface area contributed by atoms with Gasteiger partial charge in [0.05, 0.1) is 11.8 Å². The number of benzene rings is 1. The van der Waals surface area contributed by atoms with Crippen LogP contribution in [0.25, 0.3) is 0 Å². The number of likely N-dealkylation sites (N-methyl/N-ethyl adjacent to an activating group) is 1. The second kappa shape index (κ2) is 9.69. The predicted octanol–water partition coefficient (Wildman–Crippen LogP) is 3.17. The number of hydrogen-bond acceptors (Lipinski definition) is 5. The molecule has 0 saturated carbocycles. The topological polar surface area (TPSA) is 58.1 Å². The van der Waals surface area contributed by atoms with Gasteiger partial charge in [-0.05, 0) is 51.6 Å². The van der Waals surface area contributed by atoms with Gasteiger partial charge in [0, 0.05) is 17.9 Å². The average molecular weight is 373 g/mol. The molecule has 1 atom stereocenters. The molecule has 26 heavy (non-hydrogen) atoms. The molecule has 2 rings (SSSR count). The van der Waals surface area contributed by atoms with Crippen molar-refractivity contribution in [2.24, 2.45) is 0 Å². The highest BCUT2D eigenvalue weighted by Crippen LogP contribution is 2.19. The minimum absolute atomic E-state index is 0.00483. The van der Waals surface area contributed by atoms with E-state index in [0.717, 1.165) is 17.8 Å². The van der Waals surface area contributed by atoms with Gasteiger partial charge in [-0.1, -0.05) is 43.0 Å². The van der Waals surface area contributed by atoms with Crippen LogP contribution in [0.2, 0.25) is 0 Å². The van der Waals surface area contributed by atoms with E-state index in [0.29, 0.717) is 17.5 Å². The molecule has 1 aromatic carbocycles. The van der Waals surface area contributed by atoms with Crippen LogP contribution in [0, 0.1) is 13.8 Å². The molecular weight excluding hydrogens is 344 g/mol. The number of aryl methyl sites for hydroxylation is 3. The van der Waals surface area contributed by atoms with E-state index in [1.165, 1.54) is 22.9 Å². The highest BCUT2D eigenvalue weighted by atomic mass is 32.2. The average Bonchev–Trinajstić information content (AvgIpc) is 2.59. The van der Waals surface area contributed by atoms with Gasteiger partial charge in [-0.3, -0.25) is 4.79 Å². The van der Waals surface area contributed by atoms with Crippen LogP contribution in [0.15, 0.2) is 35.5 Å². The number of amides is 1. The molecule has 0 unspecified atom stereocenters. The summed E-state index contributed by atoms with van der Waals surface area (Å²) < 4.78 is 0. The van der Waals surface area contributed by atoms with Gasteiger partial charge in [-0.2, -0.15) is 0 Å². The van der Waals surface area contributed by atoms with Crippen LogP contribution >= 0.6 is 11.8 Å². The lowest BCUT2D eigenvalue weighted by Gasteiger charge is -2.25. The molecule has 0 fully saturated rings. The third-order valence-corrected chi connectivity index (χ3v) is 5.03. The Bertz CT molecular complexity index is 711. The number of carbonyl (C=O) groups excluding carboxylic acids is 1. The van der Waals surface area contributed by atoms with Crippen LogP contribution in [0.1, 0.15) is 35.5 Å². The van der Waals surface area contributed by atoms with Gasteiger partial charge in [0.2, 0.25) is 5.91 Å². The van der Waals surface area contributed by atoms with Crippen molar-refractivity contribution in [1.82, 2.24) is 20.2 Å². The predicted molar refractivity (Wildman–Crippen MR) is 107 cm³/mol. The first kappa shape index (κ1) is 20.4. The van der Waals surface area contributed by atoms with Gasteiger partial charge in [0.1, 0.15) is 0 Å². The Balaban J connectivity index is 1.90. The third-order valence-electron chi connectivity index (χ3n) is 4.18. The van der Waals surface area contributed by atoms with E-state index in [-0.39, 0.29) is 11.9 Å². The molecule has 0 radical (unpaired) electrons. The molecule has 1 heterocycles. The van der Waals surface area contributed by atoms with Crippen molar-refractivity contribution < 1.29 is 4.79 Å². The van der Waals surface area contributed by atoms with E-state index in [9.17, 15) is 4.79 Å². The normalized spacial score (nSPS) is 12.2. The van der Waals surface area contributed by atoms with Crippen LogP contribution < -0.4 is 5.32 Å². The van der Waals surface area contributed by atoms with E-state index in [1.807, 2.05) is 34.0 Å². The molecule has 0 spiro atoms. The SMILES string of the molecule is CCc1ccc([C@H](CNC(=O)CSc2nc(C)cc(C)n2)N(C)C)cc1. The van der Waals surface area contributed by atoms with Crippen molar-refractivity contribution in [3.63, 3.8) is 0 Å². The number of thioether (sulfide) groups is 1. The van der Waals surface area contributed by atoms with Gasteiger partial charge in [-0.25, -0.2) is 9.97 Å². The molecule has 2 aromatic rings. The third kappa shape index (κ3) is 6.11. The highest BCUT2D eigenvalue weighted by Gasteiger charge is 2.15. The molecule has 6 heteroatoms. The number of carbonyl (C=O) groups is 1. The Hall–Kier alpha value is -1.92. The van der Waals surface area contributed by atoms with Crippen molar-refractivity contribution in [3.8, 4) is 0 Å². The number of rotatable bonds is 8. The van der Waals surface area contributed by atoms with Crippen molar-refractivity contribution in [2.45, 2.75) is 38.4 Å². The summed E-state index contributed by atoms with van der Waals surface area (Å²) in [6.45, 7) is 6.59. The number of nitrogens with zero attached hydrogens (tertiary/aromatic N) is 3. The fraction of sp³-hybridized carbons (Fsp3) is 0.450. The summed E-state index contributed by atoms with van der Waals surface area (Å²) in [6.07, 6.45) is 1.03. The molecule has 0 aliphatic rings. The number of aromatic nitrogens is 2. The molecule has 0 saturated heterocycles. The Kier molecular flexibility index (Phi) is 7.60. The molecule has 0 aliphatic heterocycles. The summed E-state index contributed by atoms with van der Waals surface area (Å²) in [7, 11) is 4.06. The van der Waals surface area contributed by atoms with Crippen LogP contribution in [0.3, 0.4) is 0 Å². The summed E-state index contributed by atoms with van der Waals surface area (Å²) >= 11 is 1.37. The molecule has 1 N–H and O–H groups in total. The second-order valence-corrected chi connectivity index (χ2v) is 7.54. The smallest absolute Gasteiger partial charge is 0.230 e. The molecule has 0 bridgehead atoms. The first-order chi connectivity index (χ1) is 12.4. The van der Waals surface area contributed by atoms with Crippen molar-refractivity contribution >= 4 is 17.7 Å². The minimum atomic E-state index is -0.00483. The largest absolute Gasteiger partial charge is 0.353 e. The van der Waals surface area contributed by atoms with Crippen molar-refractivity contribution in [1.29, 1.82) is 0 Å². The van der Waals surface area contributed by atoms with E-state index in [4.69, 9.17) is 0 Å². The van der Waals surface area contributed by atoms with Crippen molar-refractivity contribution in [3.05, 3.63) is 52.8 Å². The van der Waals surface area contributed by atoms with Gasteiger partial charge in [-0.15, -0.1) is 0 Å². The Labute approximate surface area is 160 Å². The molecule has 0 aliphatic carbocycles. The zero-order valence-corrected chi connectivity index (χ0v) is 17.1. The van der Waals surface area contributed by atoms with Crippen LogP contribution in [-0.4, -0.2) is 47.2 Å². The fourth-order valence-electron chi connectivity index (χ4n) is 2.72. The summed E-state index contributed by atoms with van der Waals surface area (Å²) in [6, 6.07) is 10.7. The van der Waals surface area contributed by atoms with Crippen LogP contribution in [-0.2, 0) is 11.2 Å². The first-order valence-corrected chi connectivity index (χ1v) is 9.84.